The van der Waals surface area contributed by atoms with Crippen molar-refractivity contribution in [1.82, 2.24) is 5.32 Å². The van der Waals surface area contributed by atoms with E-state index in [0.29, 0.717) is 6.04 Å². The molecule has 0 heterocycles. The van der Waals surface area contributed by atoms with Gasteiger partial charge in [-0.05, 0) is 0 Å². The molecular weight excluding hydrogens is 142 g/mol. The lowest BCUT2D eigenvalue weighted by molar-refractivity contribution is 0.314. The van der Waals surface area contributed by atoms with Gasteiger partial charge in [-0.15, -0.1) is 0 Å². The smallest absolute Gasteiger partial charge is 0.143 e. The summed E-state index contributed by atoms with van der Waals surface area (Å²) in [6.07, 6.45) is 0. The molecule has 0 aliphatic rings. The van der Waals surface area contributed by atoms with Crippen molar-refractivity contribution in [2.75, 3.05) is 6.54 Å². The van der Waals surface area contributed by atoms with Gasteiger partial charge in [-0.3, -0.25) is 0 Å². The molecule has 66 valence electrons. The molecule has 0 spiro atoms. The second-order valence-electron chi connectivity index (χ2n) is 2.99. The Hall–Kier alpha value is -0.770. The van der Waals surface area contributed by atoms with Crippen molar-refractivity contribution in [2.45, 2.75) is 26.8 Å². The lowest BCUT2D eigenvalue weighted by Gasteiger charge is -2.12. The average molecular weight is 159 g/mol. The largest absolute Gasteiger partial charge is 0.409 e. The molecule has 0 fully saturated rings. The minimum atomic E-state index is 0.0856. The summed E-state index contributed by atoms with van der Waals surface area (Å²) in [5.74, 6) is 0.362. The summed E-state index contributed by atoms with van der Waals surface area (Å²) < 4.78 is 0. The van der Waals surface area contributed by atoms with Crippen LogP contribution < -0.4 is 11.1 Å². The molecule has 0 aliphatic carbocycles. The molecule has 0 saturated carbocycles. The van der Waals surface area contributed by atoms with Crippen LogP contribution in [0.3, 0.4) is 0 Å². The van der Waals surface area contributed by atoms with Gasteiger partial charge >= 0.3 is 0 Å². The molecule has 0 aromatic rings. The molecule has 4 nitrogen and oxygen atoms in total. The van der Waals surface area contributed by atoms with E-state index in [4.69, 9.17) is 10.9 Å². The highest BCUT2D eigenvalue weighted by Gasteiger charge is 2.06. The second kappa shape index (κ2) is 4.96. The fourth-order valence-corrected chi connectivity index (χ4v) is 0.616. The van der Waals surface area contributed by atoms with Crippen molar-refractivity contribution in [3.8, 4) is 0 Å². The van der Waals surface area contributed by atoms with Gasteiger partial charge in [0.15, 0.2) is 0 Å². The minimum Gasteiger partial charge on any atom is -0.409 e. The Morgan fingerprint density at radius 2 is 2.09 bits per heavy atom. The SMILES string of the molecule is CC(C)NCC(C)C(N)=NO. The van der Waals surface area contributed by atoms with Crippen LogP contribution in [0.1, 0.15) is 20.8 Å². The van der Waals surface area contributed by atoms with E-state index in [1.165, 1.54) is 0 Å². The first-order valence-corrected chi connectivity index (χ1v) is 3.78. The Morgan fingerprint density at radius 1 is 1.55 bits per heavy atom. The van der Waals surface area contributed by atoms with Gasteiger partial charge in [0.25, 0.3) is 0 Å². The van der Waals surface area contributed by atoms with Crippen LogP contribution in [0.2, 0.25) is 0 Å². The highest BCUT2D eigenvalue weighted by atomic mass is 16.4. The Labute approximate surface area is 67.5 Å². The van der Waals surface area contributed by atoms with Gasteiger partial charge in [0.2, 0.25) is 0 Å². The summed E-state index contributed by atoms with van der Waals surface area (Å²) in [6.45, 7) is 6.76. The van der Waals surface area contributed by atoms with Gasteiger partial charge in [-0.2, -0.15) is 0 Å². The number of nitrogens with one attached hydrogen (secondary N) is 1. The predicted molar refractivity (Wildman–Crippen MR) is 45.7 cm³/mol. The zero-order chi connectivity index (χ0) is 8.85. The first-order chi connectivity index (χ1) is 5.07. The lowest BCUT2D eigenvalue weighted by Crippen LogP contribution is -2.34. The highest BCUT2D eigenvalue weighted by Crippen LogP contribution is 1.92. The van der Waals surface area contributed by atoms with Crippen molar-refractivity contribution < 1.29 is 5.21 Å². The molecule has 1 atom stereocenters. The maximum Gasteiger partial charge on any atom is 0.143 e. The first-order valence-electron chi connectivity index (χ1n) is 3.78. The maximum atomic E-state index is 8.31. The molecule has 0 saturated heterocycles. The molecule has 4 N–H and O–H groups in total. The third-order valence-corrected chi connectivity index (χ3v) is 1.45. The van der Waals surface area contributed by atoms with Crippen molar-refractivity contribution in [3.05, 3.63) is 0 Å². The normalized spacial score (nSPS) is 15.5. The molecule has 1 unspecified atom stereocenters. The van der Waals surface area contributed by atoms with Crippen LogP contribution >= 0.6 is 0 Å². The predicted octanol–water partition coefficient (Wildman–Crippen LogP) is 0.367. The summed E-state index contributed by atoms with van der Waals surface area (Å²) in [5, 5.41) is 14.4. The molecule has 0 bridgehead atoms. The van der Waals surface area contributed by atoms with Crippen LogP contribution in [0.25, 0.3) is 0 Å². The van der Waals surface area contributed by atoms with E-state index >= 15 is 0 Å². The topological polar surface area (TPSA) is 70.6 Å². The first kappa shape index (κ1) is 10.2. The maximum absolute atomic E-state index is 8.31. The zero-order valence-corrected chi connectivity index (χ0v) is 7.33. The minimum absolute atomic E-state index is 0.0856. The monoisotopic (exact) mass is 159 g/mol. The Kier molecular flexibility index (Phi) is 4.61. The average Bonchev–Trinajstić information content (AvgIpc) is 1.98. The van der Waals surface area contributed by atoms with Gasteiger partial charge in [0, 0.05) is 18.5 Å². The summed E-state index contributed by atoms with van der Waals surface area (Å²) >= 11 is 0. The van der Waals surface area contributed by atoms with Gasteiger partial charge in [0.05, 0.1) is 0 Å². The standard InChI is InChI=1S/C7H17N3O/c1-5(2)9-4-6(3)7(8)10-11/h5-6,9,11H,4H2,1-3H3,(H2,8,10). The Morgan fingerprint density at radius 3 is 2.45 bits per heavy atom. The van der Waals surface area contributed by atoms with E-state index in [-0.39, 0.29) is 11.8 Å². The van der Waals surface area contributed by atoms with Gasteiger partial charge < -0.3 is 16.3 Å². The van der Waals surface area contributed by atoms with Crippen molar-refractivity contribution in [3.63, 3.8) is 0 Å². The van der Waals surface area contributed by atoms with E-state index in [0.717, 1.165) is 6.54 Å². The highest BCUT2D eigenvalue weighted by molar-refractivity contribution is 5.82. The summed E-state index contributed by atoms with van der Waals surface area (Å²) in [6, 6.07) is 0.434. The molecule has 11 heavy (non-hydrogen) atoms. The summed E-state index contributed by atoms with van der Waals surface area (Å²) in [5.41, 5.74) is 5.36. The van der Waals surface area contributed by atoms with E-state index in [1.54, 1.807) is 0 Å². The summed E-state index contributed by atoms with van der Waals surface area (Å²) in [4.78, 5) is 0. The molecule has 0 rings (SSSR count). The molecule has 0 radical (unpaired) electrons. The van der Waals surface area contributed by atoms with Crippen LogP contribution in [-0.2, 0) is 0 Å². The van der Waals surface area contributed by atoms with Crippen LogP contribution in [0.15, 0.2) is 5.16 Å². The van der Waals surface area contributed by atoms with Crippen molar-refractivity contribution >= 4 is 5.84 Å². The van der Waals surface area contributed by atoms with Crippen LogP contribution in [0, 0.1) is 5.92 Å². The van der Waals surface area contributed by atoms with Gasteiger partial charge in [0.1, 0.15) is 5.84 Å². The van der Waals surface area contributed by atoms with Gasteiger partial charge in [-0.1, -0.05) is 25.9 Å². The van der Waals surface area contributed by atoms with Crippen molar-refractivity contribution in [2.24, 2.45) is 16.8 Å². The fourth-order valence-electron chi connectivity index (χ4n) is 0.616. The third-order valence-electron chi connectivity index (χ3n) is 1.45. The van der Waals surface area contributed by atoms with Crippen LogP contribution in [0.5, 0.6) is 0 Å². The Bertz CT molecular complexity index is 134. The molecule has 0 aromatic carbocycles. The molecular formula is C7H17N3O. The van der Waals surface area contributed by atoms with E-state index in [9.17, 15) is 0 Å². The lowest BCUT2D eigenvalue weighted by atomic mass is 10.1. The number of hydrogen-bond donors (Lipinski definition) is 3. The third kappa shape index (κ3) is 4.61. The molecule has 4 heteroatoms. The van der Waals surface area contributed by atoms with Gasteiger partial charge in [-0.25, -0.2) is 0 Å². The fraction of sp³-hybridized carbons (Fsp3) is 0.857. The zero-order valence-electron chi connectivity index (χ0n) is 7.33. The second-order valence-corrected chi connectivity index (χ2v) is 2.99. The van der Waals surface area contributed by atoms with Crippen LogP contribution in [0.4, 0.5) is 0 Å². The number of amidine groups is 1. The number of hydrogen-bond acceptors (Lipinski definition) is 3. The van der Waals surface area contributed by atoms with E-state index < -0.39 is 0 Å². The number of rotatable bonds is 4. The Balaban J connectivity index is 3.61. The van der Waals surface area contributed by atoms with Crippen molar-refractivity contribution in [1.29, 1.82) is 0 Å². The molecule has 0 amide bonds. The molecule has 0 aromatic heterocycles. The summed E-state index contributed by atoms with van der Waals surface area (Å²) in [7, 11) is 0. The number of oxime groups is 1. The number of nitrogens with two attached hydrogens (primary N) is 1. The quantitative estimate of drug-likeness (QED) is 0.240. The van der Waals surface area contributed by atoms with E-state index in [1.807, 2.05) is 6.92 Å². The molecule has 0 aliphatic heterocycles. The van der Waals surface area contributed by atoms with E-state index in [2.05, 4.69) is 24.3 Å². The number of nitrogens with zero attached hydrogens (tertiary/aromatic N) is 1. The van der Waals surface area contributed by atoms with Crippen LogP contribution in [-0.4, -0.2) is 23.6 Å².